The fourth-order valence-electron chi connectivity index (χ4n) is 3.35. The van der Waals surface area contributed by atoms with Gasteiger partial charge in [-0.05, 0) is 48.9 Å². The molecular formula is C22H17N5. The van der Waals surface area contributed by atoms with Crippen molar-refractivity contribution < 1.29 is 0 Å². The number of benzene rings is 2. The van der Waals surface area contributed by atoms with E-state index in [1.165, 1.54) is 5.56 Å². The molecule has 5 nitrogen and oxygen atoms in total. The van der Waals surface area contributed by atoms with Gasteiger partial charge in [0.15, 0.2) is 5.82 Å². The number of anilines is 2. The highest BCUT2D eigenvalue weighted by molar-refractivity contribution is 5.94. The van der Waals surface area contributed by atoms with Gasteiger partial charge in [-0.2, -0.15) is 0 Å². The second-order valence-corrected chi connectivity index (χ2v) is 6.64. The summed E-state index contributed by atoms with van der Waals surface area (Å²) in [5, 5.41) is 4.45. The number of aromatic nitrogens is 3. The van der Waals surface area contributed by atoms with Crippen molar-refractivity contribution in [2.24, 2.45) is 4.99 Å². The molecule has 2 aromatic carbocycles. The van der Waals surface area contributed by atoms with Crippen LogP contribution in [-0.2, 0) is 6.42 Å². The van der Waals surface area contributed by atoms with E-state index in [2.05, 4.69) is 40.4 Å². The molecule has 0 unspecified atom stereocenters. The van der Waals surface area contributed by atoms with Crippen molar-refractivity contribution in [1.82, 2.24) is 15.0 Å². The third kappa shape index (κ3) is 2.93. The number of nitrogens with one attached hydrogen (secondary N) is 1. The predicted molar refractivity (Wildman–Crippen MR) is 109 cm³/mol. The zero-order valence-corrected chi connectivity index (χ0v) is 14.8. The number of aliphatic imine (C=N–C) groups is 1. The van der Waals surface area contributed by atoms with Crippen LogP contribution in [0.5, 0.6) is 0 Å². The lowest BCUT2D eigenvalue weighted by atomic mass is 10.1. The van der Waals surface area contributed by atoms with Gasteiger partial charge in [0.25, 0.3) is 0 Å². The van der Waals surface area contributed by atoms with E-state index in [0.29, 0.717) is 5.82 Å². The Morgan fingerprint density at radius 3 is 2.67 bits per heavy atom. The van der Waals surface area contributed by atoms with Gasteiger partial charge in [-0.25, -0.2) is 9.97 Å². The van der Waals surface area contributed by atoms with E-state index in [1.54, 1.807) is 12.4 Å². The van der Waals surface area contributed by atoms with Gasteiger partial charge < -0.3 is 5.32 Å². The van der Waals surface area contributed by atoms with Crippen molar-refractivity contribution in [3.63, 3.8) is 0 Å². The van der Waals surface area contributed by atoms with E-state index >= 15 is 0 Å². The maximum absolute atomic E-state index is 4.79. The largest absolute Gasteiger partial charge is 0.340 e. The Bertz CT molecular complexity index is 1180. The predicted octanol–water partition coefficient (Wildman–Crippen LogP) is 5.08. The monoisotopic (exact) mass is 351 g/mol. The Morgan fingerprint density at radius 2 is 1.78 bits per heavy atom. The summed E-state index contributed by atoms with van der Waals surface area (Å²) in [6.45, 7) is 2.06. The molecule has 5 rings (SSSR count). The van der Waals surface area contributed by atoms with Crippen molar-refractivity contribution >= 4 is 33.8 Å². The molecule has 27 heavy (non-hydrogen) atoms. The first-order valence-electron chi connectivity index (χ1n) is 8.87. The molecule has 4 aromatic rings. The van der Waals surface area contributed by atoms with Gasteiger partial charge in [0, 0.05) is 41.2 Å². The summed E-state index contributed by atoms with van der Waals surface area (Å²) < 4.78 is 0. The first kappa shape index (κ1) is 15.6. The van der Waals surface area contributed by atoms with Crippen LogP contribution < -0.4 is 5.32 Å². The molecule has 1 aliphatic rings. The molecule has 0 amide bonds. The summed E-state index contributed by atoms with van der Waals surface area (Å²) in [6, 6.07) is 18.1. The molecular weight excluding hydrogens is 334 g/mol. The number of nitrogens with zero attached hydrogens (tertiary/aromatic N) is 4. The standard InChI is InChI=1S/C22H17N5/c1-14-12-16-6-7-17(13-20(16)24-14)25-22-18-4-2-3-5-19(18)26-21(27-22)15-8-10-23-11-9-15/h2-11,13H,12H2,1H3,(H,25,26,27). The summed E-state index contributed by atoms with van der Waals surface area (Å²) >= 11 is 0. The molecule has 5 heteroatoms. The Labute approximate surface area is 156 Å². The van der Waals surface area contributed by atoms with E-state index in [0.717, 1.165) is 45.8 Å². The molecule has 1 aliphatic heterocycles. The number of pyridine rings is 1. The fourth-order valence-corrected chi connectivity index (χ4v) is 3.35. The summed E-state index contributed by atoms with van der Waals surface area (Å²) in [7, 11) is 0. The van der Waals surface area contributed by atoms with E-state index < -0.39 is 0 Å². The summed E-state index contributed by atoms with van der Waals surface area (Å²) in [4.78, 5) is 18.2. The van der Waals surface area contributed by atoms with Gasteiger partial charge in [-0.15, -0.1) is 0 Å². The SMILES string of the molecule is CC1=Nc2cc(Nc3nc(-c4ccncc4)nc4ccccc34)ccc2C1. The topological polar surface area (TPSA) is 63.1 Å². The zero-order chi connectivity index (χ0) is 18.2. The van der Waals surface area contributed by atoms with Crippen molar-refractivity contribution in [2.75, 3.05) is 5.32 Å². The molecule has 2 aromatic heterocycles. The third-order valence-electron chi connectivity index (χ3n) is 4.65. The van der Waals surface area contributed by atoms with E-state index in [4.69, 9.17) is 9.97 Å². The zero-order valence-electron chi connectivity index (χ0n) is 14.8. The smallest absolute Gasteiger partial charge is 0.162 e. The maximum Gasteiger partial charge on any atom is 0.162 e. The molecule has 0 aliphatic carbocycles. The Morgan fingerprint density at radius 1 is 0.926 bits per heavy atom. The number of fused-ring (bicyclic) bond motifs is 2. The van der Waals surface area contributed by atoms with Crippen molar-refractivity contribution in [1.29, 1.82) is 0 Å². The highest BCUT2D eigenvalue weighted by atomic mass is 15.0. The first-order chi connectivity index (χ1) is 13.3. The van der Waals surface area contributed by atoms with Crippen molar-refractivity contribution in [2.45, 2.75) is 13.3 Å². The van der Waals surface area contributed by atoms with Crippen LogP contribution in [0.15, 0.2) is 72.0 Å². The fraction of sp³-hybridized carbons (Fsp3) is 0.0909. The average Bonchev–Trinajstić information content (AvgIpc) is 3.08. The first-order valence-corrected chi connectivity index (χ1v) is 8.87. The van der Waals surface area contributed by atoms with Crippen LogP contribution >= 0.6 is 0 Å². The van der Waals surface area contributed by atoms with E-state index in [-0.39, 0.29) is 0 Å². The lowest BCUT2D eigenvalue weighted by Gasteiger charge is -2.12. The Hall–Kier alpha value is -3.60. The van der Waals surface area contributed by atoms with E-state index in [9.17, 15) is 0 Å². The van der Waals surface area contributed by atoms with Crippen molar-refractivity contribution in [3.05, 3.63) is 72.6 Å². The minimum absolute atomic E-state index is 0.675. The summed E-state index contributed by atoms with van der Waals surface area (Å²) in [6.07, 6.45) is 4.43. The highest BCUT2D eigenvalue weighted by Crippen LogP contribution is 2.32. The molecule has 1 N–H and O–H groups in total. The molecule has 0 atom stereocenters. The quantitative estimate of drug-likeness (QED) is 0.559. The van der Waals surface area contributed by atoms with Crippen LogP contribution in [0.1, 0.15) is 12.5 Å². The summed E-state index contributed by atoms with van der Waals surface area (Å²) in [5.74, 6) is 1.46. The van der Waals surface area contributed by atoms with Crippen LogP contribution in [-0.4, -0.2) is 20.7 Å². The van der Waals surface area contributed by atoms with Gasteiger partial charge in [0.1, 0.15) is 5.82 Å². The number of hydrogen-bond acceptors (Lipinski definition) is 5. The Kier molecular flexibility index (Phi) is 3.64. The van der Waals surface area contributed by atoms with Gasteiger partial charge in [-0.3, -0.25) is 9.98 Å². The molecule has 3 heterocycles. The lowest BCUT2D eigenvalue weighted by molar-refractivity contribution is 1.21. The number of hydrogen-bond donors (Lipinski definition) is 1. The highest BCUT2D eigenvalue weighted by Gasteiger charge is 2.13. The Balaban J connectivity index is 1.61. The molecule has 0 saturated heterocycles. The van der Waals surface area contributed by atoms with E-state index in [1.807, 2.05) is 36.4 Å². The van der Waals surface area contributed by atoms with Gasteiger partial charge in [0.05, 0.1) is 11.2 Å². The van der Waals surface area contributed by atoms with Crippen LogP contribution in [0.4, 0.5) is 17.2 Å². The third-order valence-corrected chi connectivity index (χ3v) is 4.65. The van der Waals surface area contributed by atoms with Crippen LogP contribution in [0.2, 0.25) is 0 Å². The van der Waals surface area contributed by atoms with Crippen LogP contribution in [0.25, 0.3) is 22.3 Å². The minimum Gasteiger partial charge on any atom is -0.340 e. The summed E-state index contributed by atoms with van der Waals surface area (Å²) in [5.41, 5.74) is 6.25. The molecule has 0 fully saturated rings. The van der Waals surface area contributed by atoms with Gasteiger partial charge in [-0.1, -0.05) is 18.2 Å². The number of para-hydroxylation sites is 1. The number of rotatable bonds is 3. The molecule has 130 valence electrons. The minimum atomic E-state index is 0.675. The van der Waals surface area contributed by atoms with Crippen molar-refractivity contribution in [3.8, 4) is 11.4 Å². The normalized spacial score (nSPS) is 12.7. The maximum atomic E-state index is 4.79. The van der Waals surface area contributed by atoms with Gasteiger partial charge >= 0.3 is 0 Å². The van der Waals surface area contributed by atoms with Crippen LogP contribution in [0.3, 0.4) is 0 Å². The van der Waals surface area contributed by atoms with Crippen LogP contribution in [0, 0.1) is 0 Å². The second-order valence-electron chi connectivity index (χ2n) is 6.64. The molecule has 0 radical (unpaired) electrons. The molecule has 0 saturated carbocycles. The lowest BCUT2D eigenvalue weighted by Crippen LogP contribution is -1.99. The second kappa shape index (κ2) is 6.29. The molecule has 0 bridgehead atoms. The molecule has 0 spiro atoms. The van der Waals surface area contributed by atoms with Gasteiger partial charge in [0.2, 0.25) is 0 Å². The average molecular weight is 351 g/mol.